The first-order valence-corrected chi connectivity index (χ1v) is 5.17. The minimum atomic E-state index is -0.102. The van der Waals surface area contributed by atoms with Crippen molar-refractivity contribution in [2.75, 3.05) is 18.0 Å². The van der Waals surface area contributed by atoms with Crippen LogP contribution in [-0.4, -0.2) is 24.3 Å². The maximum atomic E-state index is 9.41. The minimum Gasteiger partial charge on any atom is -0.393 e. The van der Waals surface area contributed by atoms with Gasteiger partial charge in [0.2, 0.25) is 0 Å². The predicted molar refractivity (Wildman–Crippen MR) is 57.5 cm³/mol. The van der Waals surface area contributed by atoms with Crippen LogP contribution in [0.2, 0.25) is 0 Å². The Morgan fingerprint density at radius 1 is 1.43 bits per heavy atom. The number of anilines is 1. The van der Waals surface area contributed by atoms with Crippen LogP contribution in [0.3, 0.4) is 0 Å². The Balaban J connectivity index is 2.12. The second-order valence-corrected chi connectivity index (χ2v) is 3.92. The third-order valence-electron chi connectivity index (χ3n) is 2.82. The van der Waals surface area contributed by atoms with E-state index in [9.17, 15) is 5.11 Å². The maximum Gasteiger partial charge on any atom is 0.0574 e. The molecule has 1 N–H and O–H groups in total. The Kier molecular flexibility index (Phi) is 2.73. The number of piperidine rings is 1. The first-order valence-electron chi connectivity index (χ1n) is 5.17. The van der Waals surface area contributed by atoms with E-state index < -0.39 is 0 Å². The van der Waals surface area contributed by atoms with Crippen molar-refractivity contribution >= 4 is 5.69 Å². The molecule has 1 radical (unpaired) electrons. The summed E-state index contributed by atoms with van der Waals surface area (Å²) in [6.07, 6.45) is 1.65. The summed E-state index contributed by atoms with van der Waals surface area (Å²) in [7, 11) is 0. The number of nitrogens with zero attached hydrogens (tertiary/aromatic N) is 1. The fourth-order valence-electron chi connectivity index (χ4n) is 1.94. The lowest BCUT2D eigenvalue weighted by Crippen LogP contribution is -2.36. The standard InChI is InChI=1S/C12H16NO/c1-10-4-2-3-5-12(10)13-8-6-11(14)7-9-13/h2-4,11,14H,6-9H2,1H3. The lowest BCUT2D eigenvalue weighted by Gasteiger charge is -2.32. The second-order valence-electron chi connectivity index (χ2n) is 3.92. The first kappa shape index (κ1) is 9.53. The number of hydrogen-bond acceptors (Lipinski definition) is 2. The number of aliphatic hydroxyl groups excluding tert-OH is 1. The molecule has 0 atom stereocenters. The molecular weight excluding hydrogens is 174 g/mol. The number of hydrogen-bond donors (Lipinski definition) is 1. The Labute approximate surface area is 85.2 Å². The third kappa shape index (κ3) is 1.90. The van der Waals surface area contributed by atoms with Gasteiger partial charge in [-0.25, -0.2) is 0 Å². The van der Waals surface area contributed by atoms with E-state index in [-0.39, 0.29) is 6.10 Å². The van der Waals surface area contributed by atoms with Crippen molar-refractivity contribution in [2.24, 2.45) is 0 Å². The van der Waals surface area contributed by atoms with Crippen LogP contribution < -0.4 is 4.90 Å². The number of rotatable bonds is 1. The third-order valence-corrected chi connectivity index (χ3v) is 2.82. The van der Waals surface area contributed by atoms with Gasteiger partial charge in [0, 0.05) is 24.8 Å². The van der Waals surface area contributed by atoms with E-state index in [4.69, 9.17) is 0 Å². The molecule has 0 unspecified atom stereocenters. The van der Waals surface area contributed by atoms with Crippen LogP contribution in [0, 0.1) is 13.0 Å². The van der Waals surface area contributed by atoms with Crippen LogP contribution in [0.5, 0.6) is 0 Å². The lowest BCUT2D eigenvalue weighted by atomic mass is 10.1. The Morgan fingerprint density at radius 2 is 2.14 bits per heavy atom. The van der Waals surface area contributed by atoms with Gasteiger partial charge in [-0.15, -0.1) is 0 Å². The van der Waals surface area contributed by atoms with Crippen molar-refractivity contribution in [2.45, 2.75) is 25.9 Å². The molecule has 1 heterocycles. The van der Waals surface area contributed by atoms with E-state index in [1.165, 1.54) is 11.3 Å². The van der Waals surface area contributed by atoms with Crippen molar-refractivity contribution in [3.63, 3.8) is 0 Å². The van der Waals surface area contributed by atoms with Crippen molar-refractivity contribution in [3.05, 3.63) is 29.8 Å². The van der Waals surface area contributed by atoms with E-state index in [2.05, 4.69) is 24.0 Å². The summed E-state index contributed by atoms with van der Waals surface area (Å²) in [5.74, 6) is 0. The maximum absolute atomic E-state index is 9.41. The smallest absolute Gasteiger partial charge is 0.0574 e. The summed E-state index contributed by atoms with van der Waals surface area (Å²) >= 11 is 0. The molecule has 1 aromatic rings. The summed E-state index contributed by atoms with van der Waals surface area (Å²) in [5.41, 5.74) is 2.46. The highest BCUT2D eigenvalue weighted by Gasteiger charge is 2.17. The average molecular weight is 190 g/mol. The fourth-order valence-corrected chi connectivity index (χ4v) is 1.94. The quantitative estimate of drug-likeness (QED) is 0.729. The van der Waals surface area contributed by atoms with Gasteiger partial charge in [0.25, 0.3) is 0 Å². The molecular formula is C12H16NO. The van der Waals surface area contributed by atoms with E-state index in [0.29, 0.717) is 0 Å². The van der Waals surface area contributed by atoms with Crippen molar-refractivity contribution in [3.8, 4) is 0 Å². The first-order chi connectivity index (χ1) is 6.77. The fraction of sp³-hybridized carbons (Fsp3) is 0.500. The van der Waals surface area contributed by atoms with E-state index in [1.54, 1.807) is 0 Å². The molecule has 2 nitrogen and oxygen atoms in total. The SMILES string of the molecule is Cc1ccc[c]c1N1CCC(O)CC1. The molecule has 2 rings (SSSR count). The molecule has 1 fully saturated rings. The Morgan fingerprint density at radius 3 is 2.79 bits per heavy atom. The molecule has 1 aliphatic rings. The number of benzene rings is 1. The predicted octanol–water partition coefficient (Wildman–Crippen LogP) is 1.76. The largest absolute Gasteiger partial charge is 0.393 e. The van der Waals surface area contributed by atoms with Crippen LogP contribution in [0.15, 0.2) is 18.2 Å². The van der Waals surface area contributed by atoms with Gasteiger partial charge in [0.1, 0.15) is 0 Å². The zero-order valence-electron chi connectivity index (χ0n) is 8.53. The lowest BCUT2D eigenvalue weighted by molar-refractivity contribution is 0.145. The second kappa shape index (κ2) is 4.01. The van der Waals surface area contributed by atoms with Gasteiger partial charge < -0.3 is 10.0 Å². The molecule has 1 aromatic carbocycles. The van der Waals surface area contributed by atoms with Crippen molar-refractivity contribution in [1.82, 2.24) is 0 Å². The van der Waals surface area contributed by atoms with Gasteiger partial charge in [-0.3, -0.25) is 0 Å². The zero-order valence-corrected chi connectivity index (χ0v) is 8.53. The van der Waals surface area contributed by atoms with E-state index in [1.807, 2.05) is 12.1 Å². The van der Waals surface area contributed by atoms with Gasteiger partial charge in [0.15, 0.2) is 0 Å². The highest BCUT2D eigenvalue weighted by molar-refractivity contribution is 5.52. The van der Waals surface area contributed by atoms with E-state index in [0.717, 1.165) is 25.9 Å². The summed E-state index contributed by atoms with van der Waals surface area (Å²) in [5, 5.41) is 9.41. The van der Waals surface area contributed by atoms with Crippen LogP contribution in [0.1, 0.15) is 18.4 Å². The van der Waals surface area contributed by atoms with Gasteiger partial charge in [-0.2, -0.15) is 0 Å². The monoisotopic (exact) mass is 190 g/mol. The molecule has 1 saturated heterocycles. The molecule has 0 saturated carbocycles. The van der Waals surface area contributed by atoms with Gasteiger partial charge in [0.05, 0.1) is 6.10 Å². The molecule has 0 bridgehead atoms. The molecule has 2 heteroatoms. The van der Waals surface area contributed by atoms with Crippen LogP contribution in [-0.2, 0) is 0 Å². The normalized spacial score (nSPS) is 18.6. The number of para-hydroxylation sites is 1. The van der Waals surface area contributed by atoms with Crippen molar-refractivity contribution < 1.29 is 5.11 Å². The Hall–Kier alpha value is -1.02. The summed E-state index contributed by atoms with van der Waals surface area (Å²) in [6, 6.07) is 9.34. The highest BCUT2D eigenvalue weighted by atomic mass is 16.3. The zero-order chi connectivity index (χ0) is 9.97. The van der Waals surface area contributed by atoms with Gasteiger partial charge >= 0.3 is 0 Å². The van der Waals surface area contributed by atoms with Gasteiger partial charge in [-0.05, 0) is 25.3 Å². The van der Waals surface area contributed by atoms with Crippen molar-refractivity contribution in [1.29, 1.82) is 0 Å². The summed E-state index contributed by atoms with van der Waals surface area (Å²) in [4.78, 5) is 2.31. The molecule has 75 valence electrons. The minimum absolute atomic E-state index is 0.102. The molecule has 0 spiro atoms. The topological polar surface area (TPSA) is 23.5 Å². The number of aliphatic hydroxyl groups is 1. The van der Waals surface area contributed by atoms with E-state index >= 15 is 0 Å². The molecule has 0 amide bonds. The van der Waals surface area contributed by atoms with Crippen LogP contribution >= 0.6 is 0 Å². The number of aryl methyl sites for hydroxylation is 1. The Bertz CT molecular complexity index is 303. The van der Waals surface area contributed by atoms with Crippen LogP contribution in [0.4, 0.5) is 5.69 Å². The highest BCUT2D eigenvalue weighted by Crippen LogP contribution is 2.22. The molecule has 1 aliphatic heterocycles. The summed E-state index contributed by atoms with van der Waals surface area (Å²) in [6.45, 7) is 4.00. The molecule has 0 aliphatic carbocycles. The summed E-state index contributed by atoms with van der Waals surface area (Å²) < 4.78 is 0. The molecule has 14 heavy (non-hydrogen) atoms. The van der Waals surface area contributed by atoms with Crippen LogP contribution in [0.25, 0.3) is 0 Å². The molecule has 0 aromatic heterocycles. The van der Waals surface area contributed by atoms with Gasteiger partial charge in [-0.1, -0.05) is 18.2 Å². The average Bonchev–Trinajstić information content (AvgIpc) is 2.20.